The summed E-state index contributed by atoms with van der Waals surface area (Å²) in [4.78, 5) is 11.1. The van der Waals surface area contributed by atoms with Crippen LogP contribution in [0.3, 0.4) is 0 Å². The Labute approximate surface area is 98.3 Å². The Hall–Kier alpha value is -0.930. The normalized spacial score (nSPS) is 9.73. The summed E-state index contributed by atoms with van der Waals surface area (Å²) >= 11 is 11.2. The number of alkyl halides is 1. The van der Waals surface area contributed by atoms with Crippen molar-refractivity contribution in [2.45, 2.75) is 0 Å². The van der Waals surface area contributed by atoms with Crippen molar-refractivity contribution in [2.24, 2.45) is 0 Å². The van der Waals surface area contributed by atoms with E-state index in [1.54, 1.807) is 24.3 Å². The van der Waals surface area contributed by atoms with Gasteiger partial charge < -0.3 is 10.1 Å². The fraction of sp³-hybridized carbons (Fsp3) is 0.300. The third kappa shape index (κ3) is 4.91. The number of amides is 1. The van der Waals surface area contributed by atoms with Gasteiger partial charge in [0.2, 0.25) is 0 Å². The quantitative estimate of drug-likeness (QED) is 0.810. The van der Waals surface area contributed by atoms with Crippen LogP contribution in [0.4, 0.5) is 0 Å². The highest BCUT2D eigenvalue weighted by Gasteiger charge is 2.01. The number of carbonyl (C=O) groups is 1. The molecule has 0 unspecified atom stereocenters. The third-order valence-corrected chi connectivity index (χ3v) is 2.01. The van der Waals surface area contributed by atoms with E-state index in [0.717, 1.165) is 0 Å². The molecular weight excluding hydrogens is 237 g/mol. The molecule has 0 heterocycles. The molecule has 1 N–H and O–H groups in total. The zero-order valence-electron chi connectivity index (χ0n) is 8.00. The van der Waals surface area contributed by atoms with E-state index in [2.05, 4.69) is 5.32 Å². The van der Waals surface area contributed by atoms with Crippen LogP contribution in [-0.4, -0.2) is 24.9 Å². The number of nitrogens with one attached hydrogen (secondary N) is 1. The molecule has 82 valence electrons. The Bertz CT molecular complexity index is 331. The zero-order valence-corrected chi connectivity index (χ0v) is 9.52. The molecule has 0 fully saturated rings. The lowest BCUT2D eigenvalue weighted by Gasteiger charge is -2.06. The second kappa shape index (κ2) is 6.53. The number of ether oxygens (including phenoxy) is 1. The van der Waals surface area contributed by atoms with E-state index in [9.17, 15) is 4.79 Å². The molecule has 0 aliphatic heterocycles. The average Bonchev–Trinajstić information content (AvgIpc) is 2.23. The minimum atomic E-state index is -0.198. The first-order valence-electron chi connectivity index (χ1n) is 4.43. The van der Waals surface area contributed by atoms with Crippen LogP contribution in [0.2, 0.25) is 5.02 Å². The minimum absolute atomic E-state index is 0.0305. The Kier molecular flexibility index (Phi) is 5.29. The largest absolute Gasteiger partial charge is 0.484 e. The van der Waals surface area contributed by atoms with Crippen molar-refractivity contribution in [3.05, 3.63) is 29.3 Å². The third-order valence-electron chi connectivity index (χ3n) is 1.58. The summed E-state index contributed by atoms with van der Waals surface area (Å²) in [6.45, 7) is 0.413. The number of halogens is 2. The first-order valence-corrected chi connectivity index (χ1v) is 5.34. The molecule has 0 bridgehead atoms. The van der Waals surface area contributed by atoms with Gasteiger partial charge in [-0.2, -0.15) is 0 Å². The maximum Gasteiger partial charge on any atom is 0.257 e. The van der Waals surface area contributed by atoms with Crippen molar-refractivity contribution in [2.75, 3.05) is 19.0 Å². The van der Waals surface area contributed by atoms with Crippen molar-refractivity contribution < 1.29 is 9.53 Å². The molecular formula is C10H11Cl2NO2. The molecule has 0 saturated carbocycles. The predicted octanol–water partition coefficient (Wildman–Crippen LogP) is 2.07. The van der Waals surface area contributed by atoms with Gasteiger partial charge in [-0.15, -0.1) is 11.6 Å². The number of hydrogen-bond acceptors (Lipinski definition) is 2. The SMILES string of the molecule is O=C(COc1cccc(Cl)c1)NCCCl. The lowest BCUT2D eigenvalue weighted by Crippen LogP contribution is -2.30. The van der Waals surface area contributed by atoms with Crippen LogP contribution in [-0.2, 0) is 4.79 Å². The van der Waals surface area contributed by atoms with Gasteiger partial charge in [0.05, 0.1) is 0 Å². The number of hydrogen-bond donors (Lipinski definition) is 1. The summed E-state index contributed by atoms with van der Waals surface area (Å²) in [7, 11) is 0. The minimum Gasteiger partial charge on any atom is -0.484 e. The fourth-order valence-electron chi connectivity index (χ4n) is 0.943. The molecule has 0 aliphatic carbocycles. The van der Waals surface area contributed by atoms with E-state index in [1.165, 1.54) is 0 Å². The van der Waals surface area contributed by atoms with Crippen LogP contribution in [0.15, 0.2) is 24.3 Å². The lowest BCUT2D eigenvalue weighted by molar-refractivity contribution is -0.122. The molecule has 5 heteroatoms. The molecule has 1 aromatic rings. The molecule has 0 aliphatic rings. The number of carbonyl (C=O) groups excluding carboxylic acids is 1. The first-order chi connectivity index (χ1) is 7.22. The maximum atomic E-state index is 11.1. The van der Waals surface area contributed by atoms with Crippen LogP contribution in [0, 0.1) is 0 Å². The molecule has 1 amide bonds. The van der Waals surface area contributed by atoms with Crippen molar-refractivity contribution in [1.82, 2.24) is 5.32 Å². The van der Waals surface area contributed by atoms with E-state index >= 15 is 0 Å². The summed E-state index contributed by atoms with van der Waals surface area (Å²) in [5.74, 6) is 0.766. The summed E-state index contributed by atoms with van der Waals surface area (Å²) in [5.41, 5.74) is 0. The van der Waals surface area contributed by atoms with Crippen molar-refractivity contribution >= 4 is 29.1 Å². The van der Waals surface area contributed by atoms with Gasteiger partial charge in [-0.1, -0.05) is 17.7 Å². The Morgan fingerprint density at radius 3 is 2.93 bits per heavy atom. The molecule has 15 heavy (non-hydrogen) atoms. The van der Waals surface area contributed by atoms with Gasteiger partial charge in [-0.25, -0.2) is 0 Å². The predicted molar refractivity (Wildman–Crippen MR) is 60.7 cm³/mol. The topological polar surface area (TPSA) is 38.3 Å². The van der Waals surface area contributed by atoms with Gasteiger partial charge in [-0.3, -0.25) is 4.79 Å². The lowest BCUT2D eigenvalue weighted by atomic mass is 10.3. The van der Waals surface area contributed by atoms with Gasteiger partial charge in [0, 0.05) is 17.4 Å². The monoisotopic (exact) mass is 247 g/mol. The highest BCUT2D eigenvalue weighted by Crippen LogP contribution is 2.16. The molecule has 0 atom stereocenters. The van der Waals surface area contributed by atoms with Crippen molar-refractivity contribution in [3.63, 3.8) is 0 Å². The molecule has 0 radical (unpaired) electrons. The highest BCUT2D eigenvalue weighted by molar-refractivity contribution is 6.30. The van der Waals surface area contributed by atoms with Gasteiger partial charge in [0.1, 0.15) is 5.75 Å². The van der Waals surface area contributed by atoms with E-state index < -0.39 is 0 Å². The summed E-state index contributed by atoms with van der Waals surface area (Å²) in [6, 6.07) is 6.88. The van der Waals surface area contributed by atoms with Gasteiger partial charge in [0.25, 0.3) is 5.91 Å². The molecule has 1 rings (SSSR count). The van der Waals surface area contributed by atoms with Crippen molar-refractivity contribution in [3.8, 4) is 5.75 Å². The molecule has 0 spiro atoms. The average molecular weight is 248 g/mol. The van der Waals surface area contributed by atoms with E-state index in [0.29, 0.717) is 23.2 Å². The van der Waals surface area contributed by atoms with E-state index in [1.807, 2.05) is 0 Å². The summed E-state index contributed by atoms with van der Waals surface area (Å²) in [5, 5.41) is 3.17. The summed E-state index contributed by atoms with van der Waals surface area (Å²) < 4.78 is 5.21. The van der Waals surface area contributed by atoms with E-state index in [4.69, 9.17) is 27.9 Å². The maximum absolute atomic E-state index is 11.1. The van der Waals surface area contributed by atoms with Gasteiger partial charge in [-0.05, 0) is 18.2 Å². The number of benzene rings is 1. The standard InChI is InChI=1S/C10H11Cl2NO2/c11-4-5-13-10(14)7-15-9-3-1-2-8(12)6-9/h1-3,6H,4-5,7H2,(H,13,14). The molecule has 1 aromatic carbocycles. The van der Waals surface area contributed by atoms with Crippen LogP contribution < -0.4 is 10.1 Å². The number of rotatable bonds is 5. The summed E-state index contributed by atoms with van der Waals surface area (Å²) in [6.07, 6.45) is 0. The van der Waals surface area contributed by atoms with Crippen molar-refractivity contribution in [1.29, 1.82) is 0 Å². The first kappa shape index (κ1) is 12.1. The Morgan fingerprint density at radius 1 is 1.47 bits per heavy atom. The zero-order chi connectivity index (χ0) is 11.1. The molecule has 0 aromatic heterocycles. The van der Waals surface area contributed by atoms with Crippen LogP contribution >= 0.6 is 23.2 Å². The van der Waals surface area contributed by atoms with Crippen LogP contribution in [0.1, 0.15) is 0 Å². The van der Waals surface area contributed by atoms with Gasteiger partial charge in [0.15, 0.2) is 6.61 Å². The van der Waals surface area contributed by atoms with Gasteiger partial charge >= 0.3 is 0 Å². The fourth-order valence-corrected chi connectivity index (χ4v) is 1.22. The molecule has 0 saturated heterocycles. The van der Waals surface area contributed by atoms with E-state index in [-0.39, 0.29) is 12.5 Å². The molecule has 3 nitrogen and oxygen atoms in total. The Morgan fingerprint density at radius 2 is 2.27 bits per heavy atom. The van der Waals surface area contributed by atoms with Crippen LogP contribution in [0.5, 0.6) is 5.75 Å². The Balaban J connectivity index is 2.33. The van der Waals surface area contributed by atoms with Crippen LogP contribution in [0.25, 0.3) is 0 Å². The second-order valence-electron chi connectivity index (χ2n) is 2.78. The second-order valence-corrected chi connectivity index (χ2v) is 3.60. The highest BCUT2D eigenvalue weighted by atomic mass is 35.5. The smallest absolute Gasteiger partial charge is 0.257 e.